The van der Waals surface area contributed by atoms with Crippen molar-refractivity contribution in [3.05, 3.63) is 21.4 Å². The number of nitrogens with zero attached hydrogens (tertiary/aromatic N) is 1. The summed E-state index contributed by atoms with van der Waals surface area (Å²) in [6, 6.07) is 0. The van der Waals surface area contributed by atoms with E-state index in [1.165, 1.54) is 11.3 Å². The third-order valence-electron chi connectivity index (χ3n) is 2.57. The van der Waals surface area contributed by atoms with Crippen molar-refractivity contribution in [2.24, 2.45) is 0 Å². The van der Waals surface area contributed by atoms with Crippen LogP contribution >= 0.6 is 11.3 Å². The second kappa shape index (κ2) is 5.28. The Hall–Kier alpha value is -0.870. The molecular weight excluding hydrogens is 210 g/mol. The average Bonchev–Trinajstić information content (AvgIpc) is 2.56. The van der Waals surface area contributed by atoms with Gasteiger partial charge in [-0.3, -0.25) is 4.90 Å². The normalized spacial score (nSPS) is 10.9. The number of carbonyl (C=O) groups is 1. The summed E-state index contributed by atoms with van der Waals surface area (Å²) in [6.45, 7) is 8.79. The Bertz CT molecular complexity index is 342. The zero-order valence-corrected chi connectivity index (χ0v) is 10.2. The number of carboxylic acid groups (broad SMARTS) is 1. The van der Waals surface area contributed by atoms with E-state index >= 15 is 0 Å². The largest absolute Gasteiger partial charge is 0.477 e. The Morgan fingerprint density at radius 2 is 2.07 bits per heavy atom. The number of aryl methyl sites for hydroxylation is 1. The number of hydrogen-bond acceptors (Lipinski definition) is 3. The fourth-order valence-corrected chi connectivity index (χ4v) is 2.42. The lowest BCUT2D eigenvalue weighted by molar-refractivity contribution is 0.0700. The van der Waals surface area contributed by atoms with Crippen LogP contribution in [0, 0.1) is 6.92 Å². The van der Waals surface area contributed by atoms with Crippen molar-refractivity contribution in [3.8, 4) is 0 Å². The second-order valence-corrected chi connectivity index (χ2v) is 4.37. The molecule has 0 aliphatic heterocycles. The Morgan fingerprint density at radius 1 is 1.47 bits per heavy atom. The van der Waals surface area contributed by atoms with Gasteiger partial charge in [-0.25, -0.2) is 4.79 Å². The molecule has 0 bridgehead atoms. The van der Waals surface area contributed by atoms with Crippen LogP contribution < -0.4 is 0 Å². The molecule has 0 aromatic carbocycles. The molecule has 0 fully saturated rings. The van der Waals surface area contributed by atoms with Crippen LogP contribution in [0.3, 0.4) is 0 Å². The van der Waals surface area contributed by atoms with Crippen LogP contribution in [-0.2, 0) is 6.54 Å². The zero-order valence-electron chi connectivity index (χ0n) is 9.41. The van der Waals surface area contributed by atoms with E-state index in [2.05, 4.69) is 18.7 Å². The summed E-state index contributed by atoms with van der Waals surface area (Å²) in [6.07, 6.45) is 0. The van der Waals surface area contributed by atoms with Gasteiger partial charge in [0.25, 0.3) is 0 Å². The summed E-state index contributed by atoms with van der Waals surface area (Å²) < 4.78 is 0. The maximum Gasteiger partial charge on any atom is 0.346 e. The molecule has 0 radical (unpaired) electrons. The summed E-state index contributed by atoms with van der Waals surface area (Å²) in [5.41, 5.74) is 2.06. The fraction of sp³-hybridized carbons (Fsp3) is 0.545. The number of carboxylic acids is 1. The molecule has 1 aromatic heterocycles. The Morgan fingerprint density at radius 3 is 2.53 bits per heavy atom. The molecule has 4 heteroatoms. The van der Waals surface area contributed by atoms with E-state index in [0.717, 1.165) is 30.8 Å². The molecule has 0 unspecified atom stereocenters. The van der Waals surface area contributed by atoms with Crippen LogP contribution in [0.5, 0.6) is 0 Å². The lowest BCUT2D eigenvalue weighted by atomic mass is 10.1. The van der Waals surface area contributed by atoms with Crippen molar-refractivity contribution in [2.75, 3.05) is 13.1 Å². The molecular formula is C11H17NO2S. The molecule has 1 aromatic rings. The minimum absolute atomic E-state index is 0.486. The molecule has 84 valence electrons. The molecule has 1 N–H and O–H groups in total. The van der Waals surface area contributed by atoms with Gasteiger partial charge in [0.1, 0.15) is 4.88 Å². The maximum absolute atomic E-state index is 11.0. The number of rotatable bonds is 5. The van der Waals surface area contributed by atoms with E-state index in [-0.39, 0.29) is 0 Å². The first-order chi connectivity index (χ1) is 7.10. The van der Waals surface area contributed by atoms with Gasteiger partial charge in [-0.2, -0.15) is 0 Å². The van der Waals surface area contributed by atoms with Crippen LogP contribution in [0.4, 0.5) is 0 Å². The van der Waals surface area contributed by atoms with Crippen molar-refractivity contribution in [2.45, 2.75) is 27.3 Å². The first-order valence-corrected chi connectivity index (χ1v) is 6.00. The van der Waals surface area contributed by atoms with Gasteiger partial charge < -0.3 is 5.11 Å². The standard InChI is InChI=1S/C11H17NO2S/c1-4-12(5-2)6-9-8(3)7-15-10(9)11(13)14/h7H,4-6H2,1-3H3,(H,13,14). The third kappa shape index (κ3) is 2.79. The SMILES string of the molecule is CCN(CC)Cc1c(C)csc1C(=O)O. The quantitative estimate of drug-likeness (QED) is 0.840. The molecule has 3 nitrogen and oxygen atoms in total. The number of aromatic carboxylic acids is 1. The lowest BCUT2D eigenvalue weighted by Crippen LogP contribution is -2.23. The van der Waals surface area contributed by atoms with Gasteiger partial charge in [0.05, 0.1) is 0 Å². The summed E-state index contributed by atoms with van der Waals surface area (Å²) in [5.74, 6) is -0.810. The van der Waals surface area contributed by atoms with Crippen LogP contribution in [0.1, 0.15) is 34.6 Å². The van der Waals surface area contributed by atoms with Crippen LogP contribution in [0.15, 0.2) is 5.38 Å². The van der Waals surface area contributed by atoms with Gasteiger partial charge in [-0.1, -0.05) is 13.8 Å². The molecule has 0 atom stereocenters. The molecule has 1 heterocycles. The van der Waals surface area contributed by atoms with Gasteiger partial charge in [0.2, 0.25) is 0 Å². The summed E-state index contributed by atoms with van der Waals surface area (Å²) in [7, 11) is 0. The monoisotopic (exact) mass is 227 g/mol. The second-order valence-electron chi connectivity index (χ2n) is 3.49. The highest BCUT2D eigenvalue weighted by Crippen LogP contribution is 2.23. The third-order valence-corrected chi connectivity index (χ3v) is 3.70. The molecule has 0 amide bonds. The van der Waals surface area contributed by atoms with E-state index in [9.17, 15) is 4.79 Å². The summed E-state index contributed by atoms with van der Waals surface area (Å²) in [5, 5.41) is 10.9. The molecule has 0 aliphatic rings. The van der Waals surface area contributed by atoms with E-state index in [4.69, 9.17) is 5.11 Å². The highest BCUT2D eigenvalue weighted by molar-refractivity contribution is 7.12. The van der Waals surface area contributed by atoms with Crippen molar-refractivity contribution in [3.63, 3.8) is 0 Å². The van der Waals surface area contributed by atoms with Crippen LogP contribution in [0.25, 0.3) is 0 Å². The topological polar surface area (TPSA) is 40.5 Å². The van der Waals surface area contributed by atoms with Crippen molar-refractivity contribution >= 4 is 17.3 Å². The van der Waals surface area contributed by atoms with Gasteiger partial charge in [0.15, 0.2) is 0 Å². The van der Waals surface area contributed by atoms with Crippen LogP contribution in [0.2, 0.25) is 0 Å². The number of thiophene rings is 1. The molecule has 0 spiro atoms. The number of hydrogen-bond donors (Lipinski definition) is 1. The highest BCUT2D eigenvalue weighted by Gasteiger charge is 2.16. The van der Waals surface area contributed by atoms with Gasteiger partial charge in [-0.15, -0.1) is 11.3 Å². The summed E-state index contributed by atoms with van der Waals surface area (Å²) in [4.78, 5) is 13.7. The van der Waals surface area contributed by atoms with Crippen LogP contribution in [-0.4, -0.2) is 29.1 Å². The van der Waals surface area contributed by atoms with Gasteiger partial charge in [-0.05, 0) is 36.5 Å². The minimum Gasteiger partial charge on any atom is -0.477 e. The Balaban J connectivity index is 2.91. The maximum atomic E-state index is 11.0. The van der Waals surface area contributed by atoms with Gasteiger partial charge in [0, 0.05) is 6.54 Å². The van der Waals surface area contributed by atoms with Crippen molar-refractivity contribution in [1.29, 1.82) is 0 Å². The predicted octanol–water partition coefficient (Wildman–Crippen LogP) is 2.60. The molecule has 0 aliphatic carbocycles. The molecule has 15 heavy (non-hydrogen) atoms. The van der Waals surface area contributed by atoms with E-state index in [1.807, 2.05) is 12.3 Å². The average molecular weight is 227 g/mol. The minimum atomic E-state index is -0.810. The zero-order chi connectivity index (χ0) is 11.4. The van der Waals surface area contributed by atoms with E-state index in [1.54, 1.807) is 0 Å². The first-order valence-electron chi connectivity index (χ1n) is 5.12. The molecule has 0 saturated heterocycles. The first kappa shape index (κ1) is 12.2. The smallest absolute Gasteiger partial charge is 0.346 e. The van der Waals surface area contributed by atoms with Gasteiger partial charge >= 0.3 is 5.97 Å². The summed E-state index contributed by atoms with van der Waals surface area (Å²) >= 11 is 1.32. The highest BCUT2D eigenvalue weighted by atomic mass is 32.1. The molecule has 0 saturated carbocycles. The Kier molecular flexibility index (Phi) is 4.29. The fourth-order valence-electron chi connectivity index (χ4n) is 1.52. The van der Waals surface area contributed by atoms with E-state index < -0.39 is 5.97 Å². The van der Waals surface area contributed by atoms with Crippen molar-refractivity contribution in [1.82, 2.24) is 4.90 Å². The van der Waals surface area contributed by atoms with Crippen molar-refractivity contribution < 1.29 is 9.90 Å². The predicted molar refractivity (Wildman–Crippen MR) is 62.6 cm³/mol. The Labute approximate surface area is 94.3 Å². The lowest BCUT2D eigenvalue weighted by Gasteiger charge is -2.18. The molecule has 1 rings (SSSR count). The van der Waals surface area contributed by atoms with E-state index in [0.29, 0.717) is 4.88 Å².